The number of piperidine rings is 1. The molecule has 0 aliphatic carbocycles. The average molecular weight is 225 g/mol. The fourth-order valence-electron chi connectivity index (χ4n) is 2.65. The van der Waals surface area contributed by atoms with Crippen molar-refractivity contribution in [2.45, 2.75) is 45.0 Å². The normalized spacial score (nSPS) is 35.6. The fraction of sp³-hybridized carbons (Fsp3) is 0.917. The van der Waals surface area contributed by atoms with Gasteiger partial charge in [0.25, 0.3) is 0 Å². The lowest BCUT2D eigenvalue weighted by Gasteiger charge is -2.47. The molecule has 2 aliphatic heterocycles. The van der Waals surface area contributed by atoms with Gasteiger partial charge >= 0.3 is 0 Å². The molecule has 0 saturated carbocycles. The Kier molecular flexibility index (Phi) is 3.22. The van der Waals surface area contributed by atoms with Gasteiger partial charge in [0.05, 0.1) is 6.34 Å². The van der Waals surface area contributed by atoms with Crippen molar-refractivity contribution in [3.63, 3.8) is 0 Å². The second-order valence-corrected chi connectivity index (χ2v) is 5.75. The molecule has 0 aromatic heterocycles. The molecule has 2 rings (SSSR count). The first-order valence-corrected chi connectivity index (χ1v) is 6.08. The molecule has 4 nitrogen and oxygen atoms in total. The summed E-state index contributed by atoms with van der Waals surface area (Å²) in [4.78, 5) is 6.89. The van der Waals surface area contributed by atoms with E-state index in [9.17, 15) is 0 Å². The van der Waals surface area contributed by atoms with Gasteiger partial charge in [0.2, 0.25) is 0 Å². The monoisotopic (exact) mass is 225 g/mol. The number of nitrogens with one attached hydrogen (secondary N) is 1. The molecule has 0 spiro atoms. The van der Waals surface area contributed by atoms with Crippen LogP contribution in [0.5, 0.6) is 0 Å². The SMILES string of the molecule is COC1N=CNC2CCN(C(C)(C)C)CC21. The second kappa shape index (κ2) is 4.34. The summed E-state index contributed by atoms with van der Waals surface area (Å²) in [5.74, 6) is 0.475. The van der Waals surface area contributed by atoms with E-state index in [1.807, 2.05) is 6.34 Å². The zero-order valence-electron chi connectivity index (χ0n) is 10.7. The minimum Gasteiger partial charge on any atom is -0.373 e. The fourth-order valence-corrected chi connectivity index (χ4v) is 2.65. The molecule has 0 amide bonds. The summed E-state index contributed by atoms with van der Waals surface area (Å²) in [5, 5.41) is 3.36. The van der Waals surface area contributed by atoms with Gasteiger partial charge in [-0.1, -0.05) is 0 Å². The van der Waals surface area contributed by atoms with Crippen molar-refractivity contribution in [3.8, 4) is 0 Å². The Morgan fingerprint density at radius 1 is 1.44 bits per heavy atom. The first-order chi connectivity index (χ1) is 7.52. The molecule has 2 aliphatic rings. The summed E-state index contributed by atoms with van der Waals surface area (Å²) in [7, 11) is 1.75. The van der Waals surface area contributed by atoms with Gasteiger partial charge in [0.1, 0.15) is 0 Å². The van der Waals surface area contributed by atoms with E-state index in [0.29, 0.717) is 12.0 Å². The minimum atomic E-state index is 0.0244. The number of nitrogens with zero attached hydrogens (tertiary/aromatic N) is 2. The third kappa shape index (κ3) is 2.23. The van der Waals surface area contributed by atoms with Crippen molar-refractivity contribution in [1.29, 1.82) is 0 Å². The maximum absolute atomic E-state index is 5.46. The first-order valence-electron chi connectivity index (χ1n) is 6.08. The number of methoxy groups -OCH3 is 1. The molecule has 1 saturated heterocycles. The average Bonchev–Trinajstić information content (AvgIpc) is 2.26. The van der Waals surface area contributed by atoms with Crippen LogP contribution >= 0.6 is 0 Å². The zero-order valence-corrected chi connectivity index (χ0v) is 10.7. The number of fused-ring (bicyclic) bond motifs is 1. The maximum atomic E-state index is 5.46. The highest BCUT2D eigenvalue weighted by atomic mass is 16.5. The topological polar surface area (TPSA) is 36.9 Å². The molecule has 0 aromatic carbocycles. The maximum Gasteiger partial charge on any atom is 0.155 e. The molecule has 1 fully saturated rings. The molecule has 2 heterocycles. The number of hydrogen-bond donors (Lipinski definition) is 1. The summed E-state index contributed by atoms with van der Waals surface area (Å²) in [6.07, 6.45) is 3.01. The van der Waals surface area contributed by atoms with Gasteiger partial charge in [-0.15, -0.1) is 0 Å². The van der Waals surface area contributed by atoms with Crippen LogP contribution in [-0.2, 0) is 4.74 Å². The van der Waals surface area contributed by atoms with Gasteiger partial charge < -0.3 is 10.1 Å². The van der Waals surface area contributed by atoms with Crippen LogP contribution in [0.3, 0.4) is 0 Å². The van der Waals surface area contributed by atoms with Crippen LogP contribution in [0, 0.1) is 5.92 Å². The molecule has 3 unspecified atom stereocenters. The van der Waals surface area contributed by atoms with Crippen LogP contribution in [-0.4, -0.2) is 49.2 Å². The number of likely N-dealkylation sites (tertiary alicyclic amines) is 1. The predicted molar refractivity (Wildman–Crippen MR) is 65.6 cm³/mol. The molecular weight excluding hydrogens is 202 g/mol. The summed E-state index contributed by atoms with van der Waals surface area (Å²) < 4.78 is 5.46. The number of rotatable bonds is 1. The standard InChI is InChI=1S/C12H23N3O/c1-12(2,3)15-6-5-10-9(7-15)11(16-4)14-8-13-10/h8-11H,5-7H2,1-4H3,(H,13,14). The van der Waals surface area contributed by atoms with Crippen LogP contribution in [0.4, 0.5) is 0 Å². The third-order valence-corrected chi connectivity index (χ3v) is 3.72. The van der Waals surface area contributed by atoms with Crippen LogP contribution in [0.25, 0.3) is 0 Å². The number of ether oxygens (including phenoxy) is 1. The van der Waals surface area contributed by atoms with E-state index in [1.165, 1.54) is 6.42 Å². The third-order valence-electron chi connectivity index (χ3n) is 3.72. The van der Waals surface area contributed by atoms with Gasteiger partial charge in [-0.05, 0) is 27.2 Å². The highest BCUT2D eigenvalue weighted by Crippen LogP contribution is 2.28. The molecule has 92 valence electrons. The second-order valence-electron chi connectivity index (χ2n) is 5.75. The molecule has 16 heavy (non-hydrogen) atoms. The van der Waals surface area contributed by atoms with Crippen molar-refractivity contribution in [3.05, 3.63) is 0 Å². The van der Waals surface area contributed by atoms with E-state index < -0.39 is 0 Å². The van der Waals surface area contributed by atoms with Gasteiger partial charge in [-0.25, -0.2) is 4.99 Å². The Morgan fingerprint density at radius 3 is 2.81 bits per heavy atom. The van der Waals surface area contributed by atoms with E-state index in [2.05, 4.69) is 36.0 Å². The van der Waals surface area contributed by atoms with E-state index in [-0.39, 0.29) is 11.8 Å². The molecule has 4 heteroatoms. The van der Waals surface area contributed by atoms with Gasteiger partial charge in [-0.3, -0.25) is 4.90 Å². The molecular formula is C12H23N3O. The Hall–Kier alpha value is -0.610. The minimum absolute atomic E-state index is 0.0244. The van der Waals surface area contributed by atoms with Crippen molar-refractivity contribution in [1.82, 2.24) is 10.2 Å². The summed E-state index contributed by atoms with van der Waals surface area (Å²) in [6, 6.07) is 0.529. The van der Waals surface area contributed by atoms with E-state index in [4.69, 9.17) is 4.74 Å². The van der Waals surface area contributed by atoms with Gasteiger partial charge in [-0.2, -0.15) is 0 Å². The quantitative estimate of drug-likeness (QED) is 0.725. The van der Waals surface area contributed by atoms with Gasteiger partial charge in [0, 0.05) is 37.7 Å². The molecule has 0 aromatic rings. The van der Waals surface area contributed by atoms with Gasteiger partial charge in [0.15, 0.2) is 6.23 Å². The lowest BCUT2D eigenvalue weighted by atomic mass is 9.87. The predicted octanol–water partition coefficient (Wildman–Crippen LogP) is 1.08. The van der Waals surface area contributed by atoms with E-state index in [0.717, 1.165) is 13.1 Å². The highest BCUT2D eigenvalue weighted by molar-refractivity contribution is 5.56. The molecule has 1 N–H and O–H groups in total. The zero-order chi connectivity index (χ0) is 11.8. The number of aliphatic imine (C=N–C) groups is 1. The highest BCUT2D eigenvalue weighted by Gasteiger charge is 2.39. The molecule has 0 radical (unpaired) electrons. The summed E-state index contributed by atoms with van der Waals surface area (Å²) >= 11 is 0. The first kappa shape index (κ1) is 11.9. The lowest BCUT2D eigenvalue weighted by molar-refractivity contribution is -0.0209. The smallest absolute Gasteiger partial charge is 0.155 e. The Bertz CT molecular complexity index is 272. The Morgan fingerprint density at radius 2 is 2.19 bits per heavy atom. The van der Waals surface area contributed by atoms with E-state index >= 15 is 0 Å². The van der Waals surface area contributed by atoms with Crippen LogP contribution < -0.4 is 5.32 Å². The lowest BCUT2D eigenvalue weighted by Crippen LogP contribution is -2.59. The van der Waals surface area contributed by atoms with Crippen LogP contribution in [0.1, 0.15) is 27.2 Å². The molecule has 0 bridgehead atoms. The Balaban J connectivity index is 2.08. The van der Waals surface area contributed by atoms with Crippen molar-refractivity contribution in [2.24, 2.45) is 10.9 Å². The van der Waals surface area contributed by atoms with E-state index in [1.54, 1.807) is 7.11 Å². The molecule has 3 atom stereocenters. The van der Waals surface area contributed by atoms with Crippen molar-refractivity contribution < 1.29 is 4.74 Å². The van der Waals surface area contributed by atoms with Crippen LogP contribution in [0.2, 0.25) is 0 Å². The summed E-state index contributed by atoms with van der Waals surface area (Å²) in [6.45, 7) is 9.04. The Labute approximate surface area is 98.1 Å². The number of hydrogen-bond acceptors (Lipinski definition) is 4. The summed E-state index contributed by atoms with van der Waals surface area (Å²) in [5.41, 5.74) is 0.240. The van der Waals surface area contributed by atoms with Crippen molar-refractivity contribution in [2.75, 3.05) is 20.2 Å². The van der Waals surface area contributed by atoms with Crippen molar-refractivity contribution >= 4 is 6.34 Å². The largest absolute Gasteiger partial charge is 0.373 e. The van der Waals surface area contributed by atoms with Crippen LogP contribution in [0.15, 0.2) is 4.99 Å².